The lowest BCUT2D eigenvalue weighted by Gasteiger charge is -2.21. The van der Waals surface area contributed by atoms with Crippen molar-refractivity contribution in [3.05, 3.63) is 168 Å². The molecule has 4 nitrogen and oxygen atoms in total. The topological polar surface area (TPSA) is 51.6 Å². The van der Waals surface area contributed by atoms with Crippen LogP contribution in [0.2, 0.25) is 0 Å². The molecule has 0 atom stereocenters. The summed E-state index contributed by atoms with van der Waals surface area (Å²) in [5.74, 6) is 0. The molecule has 4 heterocycles. The number of benzene rings is 2. The van der Waals surface area contributed by atoms with Crippen LogP contribution in [0.15, 0.2) is 146 Å². The summed E-state index contributed by atoms with van der Waals surface area (Å²) < 4.78 is 0. The molecule has 6 rings (SSSR count). The van der Waals surface area contributed by atoms with Crippen LogP contribution in [-0.2, 0) is 0 Å². The van der Waals surface area contributed by atoms with Gasteiger partial charge in [-0.15, -0.1) is 0 Å². The van der Waals surface area contributed by atoms with Gasteiger partial charge in [-0.1, -0.05) is 84.9 Å². The van der Waals surface area contributed by atoms with Crippen LogP contribution in [0.4, 0.5) is 0 Å². The third kappa shape index (κ3) is 5.70. The molecule has 0 radical (unpaired) electrons. The van der Waals surface area contributed by atoms with E-state index in [0.29, 0.717) is 0 Å². The van der Waals surface area contributed by atoms with E-state index in [-0.39, 0.29) is 0 Å². The van der Waals surface area contributed by atoms with Gasteiger partial charge in [-0.3, -0.25) is 9.97 Å². The highest BCUT2D eigenvalue weighted by Gasteiger charge is 2.20. The summed E-state index contributed by atoms with van der Waals surface area (Å²) in [6.07, 6.45) is 3.60. The molecule has 0 unspecified atom stereocenters. The Labute approximate surface area is 246 Å². The van der Waals surface area contributed by atoms with Gasteiger partial charge in [-0.05, 0) is 95.8 Å². The molecule has 4 heteroatoms. The lowest BCUT2D eigenvalue weighted by atomic mass is 9.84. The highest BCUT2D eigenvalue weighted by atomic mass is 14.8. The van der Waals surface area contributed by atoms with Crippen LogP contribution in [0.5, 0.6) is 0 Å². The second kappa shape index (κ2) is 12.4. The first-order chi connectivity index (χ1) is 20.7. The number of rotatable bonds is 7. The van der Waals surface area contributed by atoms with Gasteiger partial charge in [0.2, 0.25) is 0 Å². The van der Waals surface area contributed by atoms with Gasteiger partial charge in [0.25, 0.3) is 0 Å². The van der Waals surface area contributed by atoms with E-state index in [4.69, 9.17) is 9.97 Å². The van der Waals surface area contributed by atoms with Gasteiger partial charge in [-0.25, -0.2) is 9.97 Å². The van der Waals surface area contributed by atoms with Gasteiger partial charge in [0.1, 0.15) is 0 Å². The third-order valence-electron chi connectivity index (χ3n) is 7.25. The molecular formula is C38H30N4. The second-order valence-corrected chi connectivity index (χ2v) is 9.98. The predicted octanol–water partition coefficient (Wildman–Crippen LogP) is 9.16. The van der Waals surface area contributed by atoms with Crippen molar-refractivity contribution in [1.82, 2.24) is 19.9 Å². The molecule has 0 aliphatic rings. The maximum Gasteiger partial charge on any atom is 0.0893 e. The molecule has 0 saturated heterocycles. The SMILES string of the molecule is C/C(=C(\C(=C(/C)c1cccc(-c2ccccn2)n1)c1ccccc1)c1ccccc1)c1cccc(-c2ccccn2)n1. The van der Waals surface area contributed by atoms with Gasteiger partial charge in [0, 0.05) is 12.4 Å². The fourth-order valence-electron chi connectivity index (χ4n) is 5.16. The monoisotopic (exact) mass is 542 g/mol. The maximum atomic E-state index is 5.08. The molecule has 0 N–H and O–H groups in total. The van der Waals surface area contributed by atoms with Crippen LogP contribution < -0.4 is 0 Å². The number of pyridine rings is 4. The first-order valence-corrected chi connectivity index (χ1v) is 14.0. The molecule has 0 bridgehead atoms. The van der Waals surface area contributed by atoms with Crippen molar-refractivity contribution in [3.63, 3.8) is 0 Å². The molecule has 6 aromatic rings. The number of aromatic nitrogens is 4. The number of allylic oxidation sites excluding steroid dienone is 4. The van der Waals surface area contributed by atoms with Crippen molar-refractivity contribution in [2.24, 2.45) is 0 Å². The summed E-state index contributed by atoms with van der Waals surface area (Å²) in [5.41, 5.74) is 11.7. The normalized spacial score (nSPS) is 12.3. The van der Waals surface area contributed by atoms with E-state index < -0.39 is 0 Å². The number of nitrogens with zero attached hydrogens (tertiary/aromatic N) is 4. The van der Waals surface area contributed by atoms with Gasteiger partial charge in [0.05, 0.1) is 34.2 Å². The third-order valence-corrected chi connectivity index (χ3v) is 7.25. The van der Waals surface area contributed by atoms with Crippen molar-refractivity contribution in [3.8, 4) is 22.8 Å². The molecule has 42 heavy (non-hydrogen) atoms. The first-order valence-electron chi connectivity index (χ1n) is 14.0. The standard InChI is InChI=1S/C38H30N4/c1-27(31-21-13-23-35(41-31)33-19-9-11-25-39-33)37(29-15-5-3-6-16-29)38(30-17-7-4-8-18-30)28(2)32-22-14-24-36(42-32)34-20-10-12-26-40-34/h3-26H,1-2H3/b37-27+,38-28+. The van der Waals surface area contributed by atoms with Crippen LogP contribution >= 0.6 is 0 Å². The zero-order chi connectivity index (χ0) is 28.7. The van der Waals surface area contributed by atoms with Crippen LogP contribution in [0.3, 0.4) is 0 Å². The Kier molecular flexibility index (Phi) is 7.87. The molecule has 0 amide bonds. The Morgan fingerprint density at radius 1 is 0.381 bits per heavy atom. The van der Waals surface area contributed by atoms with Crippen LogP contribution in [-0.4, -0.2) is 19.9 Å². The van der Waals surface area contributed by atoms with Gasteiger partial charge >= 0.3 is 0 Å². The van der Waals surface area contributed by atoms with E-state index in [9.17, 15) is 0 Å². The van der Waals surface area contributed by atoms with E-state index >= 15 is 0 Å². The largest absolute Gasteiger partial charge is 0.255 e. The van der Waals surface area contributed by atoms with Crippen molar-refractivity contribution >= 4 is 22.3 Å². The minimum Gasteiger partial charge on any atom is -0.255 e. The fourth-order valence-corrected chi connectivity index (χ4v) is 5.16. The van der Waals surface area contributed by atoms with Crippen LogP contribution in [0.1, 0.15) is 36.4 Å². The van der Waals surface area contributed by atoms with Crippen molar-refractivity contribution in [2.45, 2.75) is 13.8 Å². The van der Waals surface area contributed by atoms with Crippen LogP contribution in [0.25, 0.3) is 45.1 Å². The average molecular weight is 543 g/mol. The molecule has 0 aliphatic heterocycles. The van der Waals surface area contributed by atoms with Crippen LogP contribution in [0, 0.1) is 0 Å². The molecular weight excluding hydrogens is 512 g/mol. The number of hydrogen-bond donors (Lipinski definition) is 0. The van der Waals surface area contributed by atoms with Crippen molar-refractivity contribution < 1.29 is 0 Å². The maximum absolute atomic E-state index is 5.08. The van der Waals surface area contributed by atoms with Gasteiger partial charge in [0.15, 0.2) is 0 Å². The Bertz CT molecular complexity index is 1720. The zero-order valence-electron chi connectivity index (χ0n) is 23.6. The van der Waals surface area contributed by atoms with E-state index in [2.05, 4.69) is 96.6 Å². The van der Waals surface area contributed by atoms with E-state index in [1.165, 1.54) is 0 Å². The summed E-state index contributed by atoms with van der Waals surface area (Å²) in [4.78, 5) is 19.2. The van der Waals surface area contributed by atoms with Crippen molar-refractivity contribution in [2.75, 3.05) is 0 Å². The quantitative estimate of drug-likeness (QED) is 0.189. The lowest BCUT2D eigenvalue weighted by molar-refractivity contribution is 1.22. The summed E-state index contributed by atoms with van der Waals surface area (Å²) in [7, 11) is 0. The van der Waals surface area contributed by atoms with E-state index in [1.54, 1.807) is 12.4 Å². The highest BCUT2D eigenvalue weighted by molar-refractivity contribution is 6.20. The minimum absolute atomic E-state index is 0.839. The summed E-state index contributed by atoms with van der Waals surface area (Å²) in [6.45, 7) is 4.31. The number of hydrogen-bond acceptors (Lipinski definition) is 4. The molecule has 0 spiro atoms. The van der Waals surface area contributed by atoms with E-state index in [1.807, 2.05) is 60.7 Å². The molecule has 2 aromatic carbocycles. The summed E-state index contributed by atoms with van der Waals surface area (Å²) in [6, 6.07) is 45.1. The van der Waals surface area contributed by atoms with E-state index in [0.717, 1.165) is 67.6 Å². The molecule has 0 aliphatic carbocycles. The Hall–Kier alpha value is -5.48. The smallest absolute Gasteiger partial charge is 0.0893 e. The molecule has 0 saturated carbocycles. The Morgan fingerprint density at radius 2 is 0.762 bits per heavy atom. The second-order valence-electron chi connectivity index (χ2n) is 9.98. The highest BCUT2D eigenvalue weighted by Crippen LogP contribution is 2.41. The fraction of sp³-hybridized carbons (Fsp3) is 0.0526. The molecule has 0 fully saturated rings. The minimum atomic E-state index is 0.839. The molecule has 4 aromatic heterocycles. The molecule has 202 valence electrons. The van der Waals surface area contributed by atoms with Crippen molar-refractivity contribution in [1.29, 1.82) is 0 Å². The predicted molar refractivity (Wildman–Crippen MR) is 173 cm³/mol. The summed E-state index contributed by atoms with van der Waals surface area (Å²) in [5, 5.41) is 0. The average Bonchev–Trinajstić information content (AvgIpc) is 3.08. The van der Waals surface area contributed by atoms with Gasteiger partial charge < -0.3 is 0 Å². The summed E-state index contributed by atoms with van der Waals surface area (Å²) >= 11 is 0. The zero-order valence-corrected chi connectivity index (χ0v) is 23.6. The Morgan fingerprint density at radius 3 is 1.14 bits per heavy atom. The Balaban J connectivity index is 1.61. The van der Waals surface area contributed by atoms with Gasteiger partial charge in [-0.2, -0.15) is 0 Å². The lowest BCUT2D eigenvalue weighted by Crippen LogP contribution is -2.01. The first kappa shape index (κ1) is 26.7.